The molecule has 0 fully saturated rings. The third-order valence-electron chi connectivity index (χ3n) is 6.18. The highest BCUT2D eigenvalue weighted by Crippen LogP contribution is 2.35. The average molecular weight is 417 g/mol. The molecule has 0 atom stereocenters. The predicted molar refractivity (Wildman–Crippen MR) is 123 cm³/mol. The zero-order valence-corrected chi connectivity index (χ0v) is 18.1. The fourth-order valence-corrected chi connectivity index (χ4v) is 5.78. The molecule has 2 aromatic carbocycles. The van der Waals surface area contributed by atoms with Crippen LogP contribution in [0.4, 0.5) is 0 Å². The van der Waals surface area contributed by atoms with E-state index in [0.29, 0.717) is 12.2 Å². The Morgan fingerprint density at radius 3 is 2.50 bits per heavy atom. The fraction of sp³-hybridized carbons (Fsp3) is 0.280. The maximum Gasteiger partial charge on any atom is 0.337 e. The van der Waals surface area contributed by atoms with E-state index in [9.17, 15) is 9.59 Å². The van der Waals surface area contributed by atoms with Crippen molar-refractivity contribution in [3.05, 3.63) is 96.5 Å². The molecular formula is C25H24N2O2S. The van der Waals surface area contributed by atoms with Crippen LogP contribution in [0.3, 0.4) is 0 Å². The normalized spacial score (nSPS) is 13.1. The Bertz CT molecular complexity index is 1370. The van der Waals surface area contributed by atoms with Crippen LogP contribution in [0.2, 0.25) is 0 Å². The Hall–Kier alpha value is -2.92. The number of nitrogens with zero attached hydrogens (tertiary/aromatic N) is 2. The monoisotopic (exact) mass is 416 g/mol. The lowest BCUT2D eigenvalue weighted by Gasteiger charge is -2.14. The van der Waals surface area contributed by atoms with Crippen LogP contribution >= 0.6 is 11.3 Å². The standard InChI is InChI=1S/C25H24N2O2S/c1-3-17-11-13-19(14-12-17)27-23(28)22-20-9-6-10-21(20)30-24(22)26(25(27)29)15-18-8-5-4-7-16(18)2/h4-5,7-8,11-14H,3,6,9-10,15H2,1-2H3. The van der Waals surface area contributed by atoms with Crippen molar-refractivity contribution in [3.8, 4) is 5.69 Å². The van der Waals surface area contributed by atoms with Gasteiger partial charge in [0.25, 0.3) is 5.56 Å². The van der Waals surface area contributed by atoms with Crippen LogP contribution < -0.4 is 11.2 Å². The minimum atomic E-state index is -0.264. The van der Waals surface area contributed by atoms with E-state index in [1.807, 2.05) is 36.4 Å². The summed E-state index contributed by atoms with van der Waals surface area (Å²) in [4.78, 5) is 29.3. The van der Waals surface area contributed by atoms with Crippen LogP contribution in [0.5, 0.6) is 0 Å². The lowest BCUT2D eigenvalue weighted by atomic mass is 10.1. The van der Waals surface area contributed by atoms with E-state index >= 15 is 0 Å². The van der Waals surface area contributed by atoms with Gasteiger partial charge in [-0.1, -0.05) is 43.3 Å². The summed E-state index contributed by atoms with van der Waals surface area (Å²) < 4.78 is 3.17. The summed E-state index contributed by atoms with van der Waals surface area (Å²) in [5.41, 5.74) is 4.77. The Labute approximate surface area is 179 Å². The van der Waals surface area contributed by atoms with Crippen LogP contribution in [0.15, 0.2) is 58.1 Å². The summed E-state index contributed by atoms with van der Waals surface area (Å²) in [7, 11) is 0. The second-order valence-corrected chi connectivity index (χ2v) is 9.08. The number of hydrogen-bond acceptors (Lipinski definition) is 3. The SMILES string of the molecule is CCc1ccc(-n2c(=O)c3c4c(sc3n(Cc3ccccc3C)c2=O)CCC4)cc1. The van der Waals surface area contributed by atoms with Crippen molar-refractivity contribution in [1.82, 2.24) is 9.13 Å². The summed E-state index contributed by atoms with van der Waals surface area (Å²) >= 11 is 1.63. The van der Waals surface area contributed by atoms with E-state index in [0.717, 1.165) is 52.6 Å². The van der Waals surface area contributed by atoms with Crippen LogP contribution in [-0.4, -0.2) is 9.13 Å². The molecular weight excluding hydrogens is 392 g/mol. The van der Waals surface area contributed by atoms with Crippen molar-refractivity contribution in [2.45, 2.75) is 46.1 Å². The Balaban J connectivity index is 1.81. The van der Waals surface area contributed by atoms with Crippen molar-refractivity contribution in [2.24, 2.45) is 0 Å². The van der Waals surface area contributed by atoms with E-state index in [1.165, 1.54) is 15.0 Å². The topological polar surface area (TPSA) is 44.0 Å². The Morgan fingerprint density at radius 1 is 1.00 bits per heavy atom. The molecule has 1 aliphatic rings. The van der Waals surface area contributed by atoms with Gasteiger partial charge in [0, 0.05) is 4.88 Å². The number of aryl methyl sites for hydroxylation is 4. The molecule has 1 aliphatic carbocycles. The van der Waals surface area contributed by atoms with Crippen molar-refractivity contribution in [2.75, 3.05) is 0 Å². The number of thiophene rings is 1. The van der Waals surface area contributed by atoms with Crippen molar-refractivity contribution in [1.29, 1.82) is 0 Å². The Kier molecular flexibility index (Phi) is 4.70. The minimum absolute atomic E-state index is 0.181. The number of fused-ring (bicyclic) bond motifs is 3. The smallest absolute Gasteiger partial charge is 0.279 e. The van der Waals surface area contributed by atoms with Gasteiger partial charge in [0.2, 0.25) is 0 Å². The first-order valence-corrected chi connectivity index (χ1v) is 11.3. The zero-order chi connectivity index (χ0) is 20.8. The third-order valence-corrected chi connectivity index (χ3v) is 7.49. The number of rotatable bonds is 4. The third kappa shape index (κ3) is 2.96. The lowest BCUT2D eigenvalue weighted by molar-refractivity contribution is 0.716. The second-order valence-electron chi connectivity index (χ2n) is 7.99. The summed E-state index contributed by atoms with van der Waals surface area (Å²) in [6.45, 7) is 4.62. The van der Waals surface area contributed by atoms with Gasteiger partial charge in [-0.2, -0.15) is 0 Å². The first-order valence-electron chi connectivity index (χ1n) is 10.5. The molecule has 0 spiro atoms. The van der Waals surface area contributed by atoms with Gasteiger partial charge >= 0.3 is 5.69 Å². The molecule has 4 aromatic rings. The molecule has 0 amide bonds. The van der Waals surface area contributed by atoms with E-state index in [2.05, 4.69) is 26.0 Å². The highest BCUT2D eigenvalue weighted by Gasteiger charge is 2.25. The van der Waals surface area contributed by atoms with Gasteiger partial charge in [0.1, 0.15) is 4.83 Å². The van der Waals surface area contributed by atoms with Gasteiger partial charge < -0.3 is 0 Å². The van der Waals surface area contributed by atoms with Gasteiger partial charge in [0.15, 0.2) is 0 Å². The van der Waals surface area contributed by atoms with Crippen molar-refractivity contribution >= 4 is 21.6 Å². The quantitative estimate of drug-likeness (QED) is 0.487. The van der Waals surface area contributed by atoms with Crippen LogP contribution in [-0.2, 0) is 25.8 Å². The number of benzene rings is 2. The molecule has 0 radical (unpaired) electrons. The molecule has 0 unspecified atom stereocenters. The molecule has 0 saturated carbocycles. The molecule has 0 aliphatic heterocycles. The van der Waals surface area contributed by atoms with E-state index in [1.54, 1.807) is 15.9 Å². The van der Waals surface area contributed by atoms with Crippen LogP contribution in [0.1, 0.15) is 40.5 Å². The van der Waals surface area contributed by atoms with Crippen LogP contribution in [0.25, 0.3) is 15.9 Å². The molecule has 4 nitrogen and oxygen atoms in total. The number of hydrogen-bond donors (Lipinski definition) is 0. The van der Waals surface area contributed by atoms with E-state index in [-0.39, 0.29) is 11.2 Å². The van der Waals surface area contributed by atoms with Gasteiger partial charge in [-0.3, -0.25) is 9.36 Å². The summed E-state index contributed by atoms with van der Waals surface area (Å²) in [6, 6.07) is 15.9. The molecule has 0 saturated heterocycles. The highest BCUT2D eigenvalue weighted by atomic mass is 32.1. The maximum absolute atomic E-state index is 13.6. The van der Waals surface area contributed by atoms with Crippen molar-refractivity contribution < 1.29 is 0 Å². The highest BCUT2D eigenvalue weighted by molar-refractivity contribution is 7.18. The van der Waals surface area contributed by atoms with E-state index < -0.39 is 0 Å². The Morgan fingerprint density at radius 2 is 1.77 bits per heavy atom. The lowest BCUT2D eigenvalue weighted by Crippen LogP contribution is -2.39. The summed E-state index contributed by atoms with van der Waals surface area (Å²) in [5, 5.41) is 0.736. The predicted octanol–water partition coefficient (Wildman–Crippen LogP) is 4.62. The molecule has 5 heteroatoms. The molecule has 2 aromatic heterocycles. The maximum atomic E-state index is 13.6. The first-order chi connectivity index (χ1) is 14.6. The minimum Gasteiger partial charge on any atom is -0.279 e. The van der Waals surface area contributed by atoms with E-state index in [4.69, 9.17) is 0 Å². The van der Waals surface area contributed by atoms with Crippen LogP contribution in [0, 0.1) is 6.92 Å². The molecule has 2 heterocycles. The van der Waals surface area contributed by atoms with Crippen molar-refractivity contribution in [3.63, 3.8) is 0 Å². The molecule has 5 rings (SSSR count). The number of aromatic nitrogens is 2. The molecule has 0 N–H and O–H groups in total. The van der Waals surface area contributed by atoms with Gasteiger partial charge in [0.05, 0.1) is 17.6 Å². The van der Waals surface area contributed by atoms with Gasteiger partial charge in [-0.25, -0.2) is 9.36 Å². The zero-order valence-electron chi connectivity index (χ0n) is 17.3. The summed E-state index contributed by atoms with van der Waals surface area (Å²) in [6.07, 6.45) is 3.92. The summed E-state index contributed by atoms with van der Waals surface area (Å²) in [5.74, 6) is 0. The fourth-order valence-electron chi connectivity index (χ4n) is 4.41. The largest absolute Gasteiger partial charge is 0.337 e. The first kappa shape index (κ1) is 19.1. The van der Waals surface area contributed by atoms with Gasteiger partial charge in [-0.05, 0) is 67.0 Å². The second kappa shape index (κ2) is 7.40. The molecule has 152 valence electrons. The molecule has 0 bridgehead atoms. The molecule has 30 heavy (non-hydrogen) atoms. The average Bonchev–Trinajstić information content (AvgIpc) is 3.34. The van der Waals surface area contributed by atoms with Gasteiger partial charge in [-0.15, -0.1) is 11.3 Å².